The Morgan fingerprint density at radius 2 is 2.33 bits per heavy atom. The summed E-state index contributed by atoms with van der Waals surface area (Å²) in [6.45, 7) is 0.546. The lowest BCUT2D eigenvalue weighted by Crippen LogP contribution is -2.32. The van der Waals surface area contributed by atoms with Gasteiger partial charge in [-0.25, -0.2) is 0 Å². The van der Waals surface area contributed by atoms with E-state index in [1.807, 2.05) is 24.3 Å². The minimum Gasteiger partial charge on any atom is -0.480 e. The van der Waals surface area contributed by atoms with Crippen LogP contribution in [0.2, 0.25) is 0 Å². The molecule has 0 fully saturated rings. The molecule has 0 aliphatic heterocycles. The Labute approximate surface area is 96.6 Å². The van der Waals surface area contributed by atoms with Gasteiger partial charge in [-0.15, -0.1) is 0 Å². The molecule has 0 aliphatic carbocycles. The Kier molecular flexibility index (Phi) is 4.58. The molecule has 0 bridgehead atoms. The first kappa shape index (κ1) is 12.0. The van der Waals surface area contributed by atoms with Crippen LogP contribution in [0, 0.1) is 0 Å². The van der Waals surface area contributed by atoms with Crippen LogP contribution in [0.15, 0.2) is 28.7 Å². The van der Waals surface area contributed by atoms with Crippen molar-refractivity contribution in [1.29, 1.82) is 0 Å². The summed E-state index contributed by atoms with van der Waals surface area (Å²) in [5, 5.41) is 11.7. The fraction of sp³-hybridized carbons (Fsp3) is 0.300. The standard InChI is InChI=1S/C10H13BrN2O2/c11-7-2-1-3-8(6-7)13-5-4-9(12)10(14)15/h1-3,6,9,13H,4-5,12H2,(H,14,15). The number of rotatable bonds is 5. The van der Waals surface area contributed by atoms with Gasteiger partial charge in [0, 0.05) is 16.7 Å². The van der Waals surface area contributed by atoms with Crippen molar-refractivity contribution in [2.75, 3.05) is 11.9 Å². The third-order valence-electron chi connectivity index (χ3n) is 1.93. The average molecular weight is 273 g/mol. The third kappa shape index (κ3) is 4.31. The van der Waals surface area contributed by atoms with Crippen LogP contribution in [-0.2, 0) is 4.79 Å². The molecule has 0 aromatic heterocycles. The smallest absolute Gasteiger partial charge is 0.320 e. The van der Waals surface area contributed by atoms with Crippen molar-refractivity contribution in [3.8, 4) is 0 Å². The predicted octanol–water partition coefficient (Wildman–Crippen LogP) is 1.66. The number of anilines is 1. The van der Waals surface area contributed by atoms with Crippen molar-refractivity contribution in [2.45, 2.75) is 12.5 Å². The number of halogens is 1. The first-order valence-electron chi connectivity index (χ1n) is 4.57. The average Bonchev–Trinajstić information content (AvgIpc) is 2.17. The third-order valence-corrected chi connectivity index (χ3v) is 2.42. The molecule has 0 saturated heterocycles. The van der Waals surface area contributed by atoms with Crippen LogP contribution < -0.4 is 11.1 Å². The molecule has 0 radical (unpaired) electrons. The monoisotopic (exact) mass is 272 g/mol. The molecular formula is C10H13BrN2O2. The van der Waals surface area contributed by atoms with Gasteiger partial charge in [-0.05, 0) is 24.6 Å². The molecule has 1 unspecified atom stereocenters. The van der Waals surface area contributed by atoms with Gasteiger partial charge in [0.1, 0.15) is 6.04 Å². The van der Waals surface area contributed by atoms with E-state index in [2.05, 4.69) is 21.2 Å². The van der Waals surface area contributed by atoms with Gasteiger partial charge in [-0.3, -0.25) is 4.79 Å². The predicted molar refractivity (Wildman–Crippen MR) is 62.9 cm³/mol. The second kappa shape index (κ2) is 5.72. The summed E-state index contributed by atoms with van der Waals surface area (Å²) in [5.41, 5.74) is 6.31. The molecule has 4 N–H and O–H groups in total. The minimum absolute atomic E-state index is 0.405. The van der Waals surface area contributed by atoms with Crippen LogP contribution in [0.3, 0.4) is 0 Å². The van der Waals surface area contributed by atoms with Crippen molar-refractivity contribution in [3.63, 3.8) is 0 Å². The van der Waals surface area contributed by atoms with Crippen molar-refractivity contribution in [3.05, 3.63) is 28.7 Å². The maximum atomic E-state index is 10.4. The van der Waals surface area contributed by atoms with E-state index in [4.69, 9.17) is 10.8 Å². The van der Waals surface area contributed by atoms with Crippen LogP contribution in [0.4, 0.5) is 5.69 Å². The summed E-state index contributed by atoms with van der Waals surface area (Å²) in [6, 6.07) is 6.87. The number of carbonyl (C=O) groups is 1. The van der Waals surface area contributed by atoms with E-state index < -0.39 is 12.0 Å². The van der Waals surface area contributed by atoms with Crippen LogP contribution >= 0.6 is 15.9 Å². The highest BCUT2D eigenvalue weighted by Gasteiger charge is 2.09. The van der Waals surface area contributed by atoms with Gasteiger partial charge in [0.2, 0.25) is 0 Å². The molecular weight excluding hydrogens is 260 g/mol. The molecule has 0 spiro atoms. The Hall–Kier alpha value is -1.07. The van der Waals surface area contributed by atoms with Gasteiger partial charge in [-0.1, -0.05) is 22.0 Å². The van der Waals surface area contributed by atoms with Gasteiger partial charge < -0.3 is 16.2 Å². The molecule has 0 amide bonds. The highest BCUT2D eigenvalue weighted by molar-refractivity contribution is 9.10. The summed E-state index contributed by atoms with van der Waals surface area (Å²) in [5.74, 6) is -0.967. The Morgan fingerprint density at radius 1 is 1.60 bits per heavy atom. The second-order valence-electron chi connectivity index (χ2n) is 3.17. The molecule has 82 valence electrons. The zero-order valence-electron chi connectivity index (χ0n) is 8.11. The number of aliphatic carboxylic acids is 1. The van der Waals surface area contributed by atoms with E-state index in [0.29, 0.717) is 13.0 Å². The lowest BCUT2D eigenvalue weighted by atomic mass is 10.2. The number of nitrogens with two attached hydrogens (primary N) is 1. The zero-order valence-corrected chi connectivity index (χ0v) is 9.70. The van der Waals surface area contributed by atoms with E-state index in [1.54, 1.807) is 0 Å². The van der Waals surface area contributed by atoms with E-state index in [0.717, 1.165) is 10.2 Å². The molecule has 0 aliphatic rings. The van der Waals surface area contributed by atoms with Crippen LogP contribution in [0.25, 0.3) is 0 Å². The maximum absolute atomic E-state index is 10.4. The van der Waals surface area contributed by atoms with Gasteiger partial charge in [0.25, 0.3) is 0 Å². The van der Waals surface area contributed by atoms with E-state index in [1.165, 1.54) is 0 Å². The van der Waals surface area contributed by atoms with Crippen molar-refractivity contribution < 1.29 is 9.90 Å². The first-order chi connectivity index (χ1) is 7.09. The van der Waals surface area contributed by atoms with Gasteiger partial charge in [0.15, 0.2) is 0 Å². The summed E-state index contributed by atoms with van der Waals surface area (Å²) in [6.07, 6.45) is 0.405. The molecule has 1 aromatic rings. The summed E-state index contributed by atoms with van der Waals surface area (Å²) >= 11 is 3.35. The topological polar surface area (TPSA) is 75.3 Å². The normalized spacial score (nSPS) is 12.1. The second-order valence-corrected chi connectivity index (χ2v) is 4.09. The van der Waals surface area contributed by atoms with Crippen LogP contribution in [-0.4, -0.2) is 23.7 Å². The Bertz CT molecular complexity index is 344. The molecule has 0 saturated carbocycles. The SMILES string of the molecule is NC(CCNc1cccc(Br)c1)C(=O)O. The molecule has 0 heterocycles. The number of carboxylic acids is 1. The fourth-order valence-electron chi connectivity index (χ4n) is 1.09. The fourth-order valence-corrected chi connectivity index (χ4v) is 1.49. The van der Waals surface area contributed by atoms with Gasteiger partial charge in [0.05, 0.1) is 0 Å². The van der Waals surface area contributed by atoms with E-state index in [-0.39, 0.29) is 0 Å². The van der Waals surface area contributed by atoms with Crippen molar-refractivity contribution in [1.82, 2.24) is 0 Å². The number of carboxylic acid groups (broad SMARTS) is 1. The molecule has 1 atom stereocenters. The lowest BCUT2D eigenvalue weighted by molar-refractivity contribution is -0.138. The molecule has 1 aromatic carbocycles. The van der Waals surface area contributed by atoms with Crippen LogP contribution in [0.1, 0.15) is 6.42 Å². The van der Waals surface area contributed by atoms with Gasteiger partial charge in [-0.2, -0.15) is 0 Å². The highest BCUT2D eigenvalue weighted by atomic mass is 79.9. The van der Waals surface area contributed by atoms with Crippen LogP contribution in [0.5, 0.6) is 0 Å². The Balaban J connectivity index is 2.35. The molecule has 4 nitrogen and oxygen atoms in total. The molecule has 5 heteroatoms. The van der Waals surface area contributed by atoms with E-state index >= 15 is 0 Å². The number of hydrogen-bond donors (Lipinski definition) is 3. The summed E-state index contributed by atoms with van der Waals surface area (Å²) in [4.78, 5) is 10.4. The van der Waals surface area contributed by atoms with E-state index in [9.17, 15) is 4.79 Å². The maximum Gasteiger partial charge on any atom is 0.320 e. The summed E-state index contributed by atoms with van der Waals surface area (Å²) in [7, 11) is 0. The van der Waals surface area contributed by atoms with Crippen molar-refractivity contribution in [2.24, 2.45) is 5.73 Å². The Morgan fingerprint density at radius 3 is 2.93 bits per heavy atom. The number of nitrogens with one attached hydrogen (secondary N) is 1. The molecule has 15 heavy (non-hydrogen) atoms. The van der Waals surface area contributed by atoms with Gasteiger partial charge >= 0.3 is 5.97 Å². The highest BCUT2D eigenvalue weighted by Crippen LogP contribution is 2.15. The number of benzene rings is 1. The molecule has 1 rings (SSSR count). The quantitative estimate of drug-likeness (QED) is 0.762. The largest absolute Gasteiger partial charge is 0.480 e. The number of hydrogen-bond acceptors (Lipinski definition) is 3. The lowest BCUT2D eigenvalue weighted by Gasteiger charge is -2.08. The summed E-state index contributed by atoms with van der Waals surface area (Å²) < 4.78 is 0.982. The zero-order chi connectivity index (χ0) is 11.3. The first-order valence-corrected chi connectivity index (χ1v) is 5.36. The minimum atomic E-state index is -0.967. The van der Waals surface area contributed by atoms with Crippen molar-refractivity contribution >= 4 is 27.6 Å².